The summed E-state index contributed by atoms with van der Waals surface area (Å²) in [7, 11) is -7.24. The maximum Gasteiger partial charge on any atom is 0.265 e. The lowest BCUT2D eigenvalue weighted by molar-refractivity contribution is 0.00538. The van der Waals surface area contributed by atoms with Gasteiger partial charge in [-0.25, -0.2) is 26.7 Å². The van der Waals surface area contributed by atoms with Crippen molar-refractivity contribution in [3.63, 3.8) is 0 Å². The van der Waals surface area contributed by atoms with Crippen molar-refractivity contribution >= 4 is 41.9 Å². The Bertz CT molecular complexity index is 1180. The molecular formula is C19H23BrN2O7S2. The predicted octanol–water partition coefficient (Wildman–Crippen LogP) is 2.41. The molecule has 31 heavy (non-hydrogen) atoms. The van der Waals surface area contributed by atoms with Crippen molar-refractivity contribution < 1.29 is 31.1 Å². The Morgan fingerprint density at radius 2 is 1.71 bits per heavy atom. The summed E-state index contributed by atoms with van der Waals surface area (Å²) in [4.78, 5) is 11.3. The second-order valence-corrected chi connectivity index (χ2v) is 11.2. The molecule has 0 fully saturated rings. The average molecular weight is 535 g/mol. The molecule has 9 nitrogen and oxygen atoms in total. The molecule has 0 radical (unpaired) electrons. The van der Waals surface area contributed by atoms with E-state index in [4.69, 9.17) is 14.6 Å². The molecule has 1 amide bonds. The first kappa shape index (κ1) is 25.3. The highest BCUT2D eigenvalue weighted by Gasteiger charge is 2.26. The van der Waals surface area contributed by atoms with E-state index in [2.05, 4.69) is 15.9 Å². The van der Waals surface area contributed by atoms with Crippen LogP contribution in [0.3, 0.4) is 0 Å². The summed E-state index contributed by atoms with van der Waals surface area (Å²) in [5.74, 6) is -0.624. The monoisotopic (exact) mass is 534 g/mol. The van der Waals surface area contributed by atoms with Crippen LogP contribution in [0.15, 0.2) is 56.7 Å². The summed E-state index contributed by atoms with van der Waals surface area (Å²) in [5.41, 5.74) is -0.396. The van der Waals surface area contributed by atoms with Crippen LogP contribution in [0.2, 0.25) is 0 Å². The van der Waals surface area contributed by atoms with Gasteiger partial charge in [-0.1, -0.05) is 12.1 Å². The molecular weight excluding hydrogens is 512 g/mol. The van der Waals surface area contributed by atoms with Gasteiger partial charge in [0, 0.05) is 19.1 Å². The van der Waals surface area contributed by atoms with Gasteiger partial charge in [0.25, 0.3) is 15.9 Å². The Hall–Kier alpha value is -1.99. The Morgan fingerprint density at radius 3 is 2.29 bits per heavy atom. The highest BCUT2D eigenvalue weighted by molar-refractivity contribution is 9.10. The molecule has 0 unspecified atom stereocenters. The second kappa shape index (κ2) is 9.65. The first-order valence-corrected chi connectivity index (χ1v) is 12.8. The van der Waals surface area contributed by atoms with Crippen molar-refractivity contribution in [1.29, 1.82) is 0 Å². The number of ether oxygens (including phenoxy) is 2. The number of carbonyl (C=O) groups is 1. The molecule has 0 heterocycles. The number of primary sulfonamides is 1. The van der Waals surface area contributed by atoms with Crippen LogP contribution in [0.5, 0.6) is 5.75 Å². The van der Waals surface area contributed by atoms with Crippen LogP contribution >= 0.6 is 15.9 Å². The van der Waals surface area contributed by atoms with Crippen molar-refractivity contribution in [3.05, 3.63) is 52.5 Å². The Morgan fingerprint density at radius 1 is 1.10 bits per heavy atom. The zero-order chi connectivity index (χ0) is 23.4. The number of rotatable bonds is 9. The zero-order valence-electron chi connectivity index (χ0n) is 17.1. The smallest absolute Gasteiger partial charge is 0.265 e. The highest BCUT2D eigenvalue weighted by Crippen LogP contribution is 2.27. The number of nitrogens with two attached hydrogens (primary N) is 1. The number of benzene rings is 2. The summed E-state index contributed by atoms with van der Waals surface area (Å²) < 4.78 is 62.1. The first-order chi connectivity index (χ1) is 14.3. The molecule has 0 aliphatic heterocycles. The standard InChI is InChI=1S/C19H23BrN2O7S2/c1-19(2,28-3)10-11-29-15-12-13(8-9-14(15)20)18(23)22-31(26,27)17-7-5-4-6-16(17)30(21,24)25/h4-9,12H,10-11H2,1-3H3,(H,22,23)(H2,21,24,25). The summed E-state index contributed by atoms with van der Waals surface area (Å²) in [6, 6.07) is 9.04. The number of carbonyl (C=O) groups excluding carboxylic acids is 1. The molecule has 3 N–H and O–H groups in total. The predicted molar refractivity (Wildman–Crippen MR) is 118 cm³/mol. The molecule has 0 aromatic heterocycles. The topological polar surface area (TPSA) is 142 Å². The van der Waals surface area contributed by atoms with Gasteiger partial charge in [-0.3, -0.25) is 4.79 Å². The van der Waals surface area contributed by atoms with Crippen molar-refractivity contribution in [1.82, 2.24) is 4.72 Å². The Kier molecular flexibility index (Phi) is 7.87. The van der Waals surface area contributed by atoms with Crippen LogP contribution in [0.25, 0.3) is 0 Å². The number of halogens is 1. The van der Waals surface area contributed by atoms with E-state index < -0.39 is 41.3 Å². The van der Waals surface area contributed by atoms with Gasteiger partial charge in [0.1, 0.15) is 15.5 Å². The van der Waals surface area contributed by atoms with Gasteiger partial charge in [0.2, 0.25) is 10.0 Å². The lowest BCUT2D eigenvalue weighted by atomic mass is 10.1. The SMILES string of the molecule is COC(C)(C)CCOc1cc(C(=O)NS(=O)(=O)c2ccccc2S(N)(=O)=O)ccc1Br. The Balaban J connectivity index is 2.25. The van der Waals surface area contributed by atoms with Crippen LogP contribution in [0.4, 0.5) is 0 Å². The minimum absolute atomic E-state index is 0.000800. The number of hydrogen-bond donors (Lipinski definition) is 2. The van der Waals surface area contributed by atoms with E-state index in [0.717, 1.165) is 12.1 Å². The van der Waals surface area contributed by atoms with E-state index >= 15 is 0 Å². The second-order valence-electron chi connectivity index (χ2n) is 7.13. The Labute approximate surface area is 190 Å². The first-order valence-electron chi connectivity index (χ1n) is 8.93. The molecule has 0 saturated carbocycles. The number of sulfonamides is 2. The van der Waals surface area contributed by atoms with Gasteiger partial charge in [-0.15, -0.1) is 0 Å². The third-order valence-electron chi connectivity index (χ3n) is 4.38. The molecule has 2 rings (SSSR count). The summed E-state index contributed by atoms with van der Waals surface area (Å²) in [5, 5.41) is 5.08. The maximum absolute atomic E-state index is 12.6. The number of hydrogen-bond acceptors (Lipinski definition) is 7. The summed E-state index contributed by atoms with van der Waals surface area (Å²) in [6.07, 6.45) is 0.574. The van der Waals surface area contributed by atoms with Gasteiger partial charge in [0.05, 0.1) is 16.7 Å². The maximum atomic E-state index is 12.6. The minimum atomic E-state index is -4.51. The van der Waals surface area contributed by atoms with Crippen LogP contribution in [-0.4, -0.2) is 42.1 Å². The molecule has 0 saturated heterocycles. The van der Waals surface area contributed by atoms with Crippen molar-refractivity contribution in [2.75, 3.05) is 13.7 Å². The van der Waals surface area contributed by atoms with E-state index in [1.165, 1.54) is 30.3 Å². The molecule has 0 aliphatic carbocycles. The van der Waals surface area contributed by atoms with Gasteiger partial charge in [0.15, 0.2) is 0 Å². The van der Waals surface area contributed by atoms with Crippen LogP contribution in [0.1, 0.15) is 30.6 Å². The van der Waals surface area contributed by atoms with Crippen LogP contribution in [-0.2, 0) is 24.8 Å². The molecule has 170 valence electrons. The fraction of sp³-hybridized carbons (Fsp3) is 0.316. The van der Waals surface area contributed by atoms with Gasteiger partial charge < -0.3 is 9.47 Å². The van der Waals surface area contributed by atoms with E-state index in [1.807, 2.05) is 18.6 Å². The molecule has 12 heteroatoms. The van der Waals surface area contributed by atoms with E-state index in [1.54, 1.807) is 7.11 Å². The largest absolute Gasteiger partial charge is 0.492 e. The number of nitrogens with one attached hydrogen (secondary N) is 1. The number of methoxy groups -OCH3 is 1. The van der Waals surface area contributed by atoms with Crippen LogP contribution in [0, 0.1) is 0 Å². The highest BCUT2D eigenvalue weighted by atomic mass is 79.9. The average Bonchev–Trinajstić information content (AvgIpc) is 2.68. The lowest BCUT2D eigenvalue weighted by Gasteiger charge is -2.22. The van der Waals surface area contributed by atoms with Crippen molar-refractivity contribution in [2.24, 2.45) is 5.14 Å². The lowest BCUT2D eigenvalue weighted by Crippen LogP contribution is -2.32. The molecule has 0 bridgehead atoms. The van der Waals surface area contributed by atoms with Gasteiger partial charge in [-0.05, 0) is 60.1 Å². The molecule has 0 spiro atoms. The third kappa shape index (κ3) is 6.74. The minimum Gasteiger partial charge on any atom is -0.492 e. The summed E-state index contributed by atoms with van der Waals surface area (Å²) in [6.45, 7) is 4.10. The summed E-state index contributed by atoms with van der Waals surface area (Å²) >= 11 is 3.32. The zero-order valence-corrected chi connectivity index (χ0v) is 20.3. The molecule has 2 aromatic carbocycles. The fourth-order valence-corrected chi connectivity index (χ4v) is 5.13. The van der Waals surface area contributed by atoms with Crippen molar-refractivity contribution in [3.8, 4) is 5.75 Å². The molecule has 0 atom stereocenters. The number of amides is 1. The van der Waals surface area contributed by atoms with Gasteiger partial charge in [-0.2, -0.15) is 0 Å². The third-order valence-corrected chi connectivity index (χ3v) is 7.52. The fourth-order valence-electron chi connectivity index (χ4n) is 2.41. The molecule has 2 aromatic rings. The van der Waals surface area contributed by atoms with Gasteiger partial charge >= 0.3 is 0 Å². The van der Waals surface area contributed by atoms with E-state index in [-0.39, 0.29) is 5.56 Å². The normalized spacial score (nSPS) is 12.4. The van der Waals surface area contributed by atoms with Crippen LogP contribution < -0.4 is 14.6 Å². The quantitative estimate of drug-likeness (QED) is 0.502. The van der Waals surface area contributed by atoms with Crippen molar-refractivity contribution in [2.45, 2.75) is 35.7 Å². The van der Waals surface area contributed by atoms with E-state index in [0.29, 0.717) is 23.2 Å². The van der Waals surface area contributed by atoms with E-state index in [9.17, 15) is 21.6 Å². The molecule has 0 aliphatic rings.